The van der Waals surface area contributed by atoms with Crippen LogP contribution < -0.4 is 10.1 Å². The second-order valence-electron chi connectivity index (χ2n) is 4.86. The van der Waals surface area contributed by atoms with Crippen LogP contribution in [0.1, 0.15) is 13.8 Å². The SMILES string of the molecule is CC(C)(O)CNCC(O)COc1ccc(F)cc1. The minimum atomic E-state index is -0.808. The third-order valence-corrected chi connectivity index (χ3v) is 2.19. The van der Waals surface area contributed by atoms with Crippen LogP contribution in [0.15, 0.2) is 24.3 Å². The molecule has 0 saturated carbocycles. The Morgan fingerprint density at radius 3 is 2.50 bits per heavy atom. The van der Waals surface area contributed by atoms with E-state index in [0.29, 0.717) is 18.8 Å². The highest BCUT2D eigenvalue weighted by Gasteiger charge is 2.13. The summed E-state index contributed by atoms with van der Waals surface area (Å²) in [5.74, 6) is 0.188. The van der Waals surface area contributed by atoms with Gasteiger partial charge in [0.05, 0.1) is 5.60 Å². The van der Waals surface area contributed by atoms with Crippen molar-refractivity contribution in [2.75, 3.05) is 19.7 Å². The number of ether oxygens (including phenoxy) is 1. The molecule has 0 saturated heterocycles. The fraction of sp³-hybridized carbons (Fsp3) is 0.538. The van der Waals surface area contributed by atoms with Crippen LogP contribution in [0.2, 0.25) is 0 Å². The Hall–Kier alpha value is -1.17. The predicted molar refractivity (Wildman–Crippen MR) is 67.1 cm³/mol. The molecule has 0 radical (unpaired) electrons. The minimum absolute atomic E-state index is 0.116. The summed E-state index contributed by atoms with van der Waals surface area (Å²) < 4.78 is 17.9. The fourth-order valence-corrected chi connectivity index (χ4v) is 1.33. The van der Waals surface area contributed by atoms with Crippen LogP contribution in [-0.4, -0.2) is 41.6 Å². The van der Waals surface area contributed by atoms with Crippen LogP contribution in [0, 0.1) is 5.82 Å². The van der Waals surface area contributed by atoms with Gasteiger partial charge in [0.1, 0.15) is 24.3 Å². The molecule has 0 aromatic heterocycles. The van der Waals surface area contributed by atoms with Crippen molar-refractivity contribution in [1.29, 1.82) is 0 Å². The van der Waals surface area contributed by atoms with Gasteiger partial charge in [-0.1, -0.05) is 0 Å². The van der Waals surface area contributed by atoms with Crippen molar-refractivity contribution in [3.8, 4) is 5.75 Å². The Kier molecular flexibility index (Phi) is 5.53. The van der Waals surface area contributed by atoms with Crippen LogP contribution in [0.25, 0.3) is 0 Å². The molecule has 102 valence electrons. The predicted octanol–water partition coefficient (Wildman–Crippen LogP) is 0.926. The second kappa shape index (κ2) is 6.68. The summed E-state index contributed by atoms with van der Waals surface area (Å²) in [6.07, 6.45) is -0.683. The van der Waals surface area contributed by atoms with Crippen molar-refractivity contribution in [2.45, 2.75) is 25.6 Å². The Morgan fingerprint density at radius 2 is 1.94 bits per heavy atom. The molecule has 0 aliphatic heterocycles. The van der Waals surface area contributed by atoms with Crippen molar-refractivity contribution < 1.29 is 19.3 Å². The highest BCUT2D eigenvalue weighted by Crippen LogP contribution is 2.11. The number of rotatable bonds is 7. The highest BCUT2D eigenvalue weighted by atomic mass is 19.1. The van der Waals surface area contributed by atoms with Gasteiger partial charge in [0, 0.05) is 13.1 Å². The number of nitrogens with one attached hydrogen (secondary N) is 1. The summed E-state index contributed by atoms with van der Waals surface area (Å²) in [5, 5.41) is 22.0. The van der Waals surface area contributed by atoms with Gasteiger partial charge in [0.25, 0.3) is 0 Å². The van der Waals surface area contributed by atoms with Gasteiger partial charge in [0.15, 0.2) is 0 Å². The highest BCUT2D eigenvalue weighted by molar-refractivity contribution is 5.22. The lowest BCUT2D eigenvalue weighted by atomic mass is 10.1. The number of halogens is 1. The lowest BCUT2D eigenvalue weighted by molar-refractivity contribution is 0.0665. The first-order valence-electron chi connectivity index (χ1n) is 5.86. The standard InChI is InChI=1S/C13H20FNO3/c1-13(2,17)9-15-7-11(16)8-18-12-5-3-10(14)4-6-12/h3-6,11,15-17H,7-9H2,1-2H3. The first kappa shape index (κ1) is 14.9. The van der Waals surface area contributed by atoms with Crippen molar-refractivity contribution in [3.05, 3.63) is 30.1 Å². The van der Waals surface area contributed by atoms with Gasteiger partial charge in [-0.2, -0.15) is 0 Å². The third-order valence-electron chi connectivity index (χ3n) is 2.19. The molecule has 5 heteroatoms. The van der Waals surface area contributed by atoms with Crippen molar-refractivity contribution in [1.82, 2.24) is 5.32 Å². The molecule has 1 unspecified atom stereocenters. The molecule has 0 amide bonds. The van der Waals surface area contributed by atoms with Crippen LogP contribution >= 0.6 is 0 Å². The Morgan fingerprint density at radius 1 is 1.33 bits per heavy atom. The van der Waals surface area contributed by atoms with Crippen molar-refractivity contribution >= 4 is 0 Å². The van der Waals surface area contributed by atoms with Gasteiger partial charge in [-0.25, -0.2) is 4.39 Å². The topological polar surface area (TPSA) is 61.7 Å². The summed E-state index contributed by atoms with van der Waals surface area (Å²) >= 11 is 0. The van der Waals surface area contributed by atoms with Crippen molar-refractivity contribution in [3.63, 3.8) is 0 Å². The summed E-state index contributed by atoms with van der Waals surface area (Å²) in [5.41, 5.74) is -0.808. The Balaban J connectivity index is 2.21. The lowest BCUT2D eigenvalue weighted by Gasteiger charge is -2.19. The number of hydrogen-bond acceptors (Lipinski definition) is 4. The van der Waals surface area contributed by atoms with Gasteiger partial charge >= 0.3 is 0 Å². The van der Waals surface area contributed by atoms with Crippen LogP contribution in [0.4, 0.5) is 4.39 Å². The zero-order chi connectivity index (χ0) is 13.6. The van der Waals surface area contributed by atoms with E-state index >= 15 is 0 Å². The van der Waals surface area contributed by atoms with Gasteiger partial charge in [-0.15, -0.1) is 0 Å². The molecule has 1 aromatic carbocycles. The number of benzene rings is 1. The van der Waals surface area contributed by atoms with E-state index in [4.69, 9.17) is 4.74 Å². The summed E-state index contributed by atoms with van der Waals surface area (Å²) in [7, 11) is 0. The molecule has 0 fully saturated rings. The first-order chi connectivity index (χ1) is 8.37. The van der Waals surface area contributed by atoms with Crippen molar-refractivity contribution in [2.24, 2.45) is 0 Å². The molecule has 1 rings (SSSR count). The molecule has 0 aliphatic carbocycles. The summed E-state index contributed by atoms with van der Waals surface area (Å²) in [4.78, 5) is 0. The van der Waals surface area contributed by atoms with E-state index < -0.39 is 11.7 Å². The Bertz CT molecular complexity index is 348. The molecule has 1 aromatic rings. The van der Waals surface area contributed by atoms with Crippen LogP contribution in [0.5, 0.6) is 5.75 Å². The molecule has 0 heterocycles. The lowest BCUT2D eigenvalue weighted by Crippen LogP contribution is -2.40. The third kappa shape index (κ3) is 6.54. The fourth-order valence-electron chi connectivity index (χ4n) is 1.33. The maximum Gasteiger partial charge on any atom is 0.123 e. The molecule has 3 N–H and O–H groups in total. The van der Waals surface area contributed by atoms with E-state index in [1.54, 1.807) is 13.8 Å². The quantitative estimate of drug-likeness (QED) is 0.680. The maximum absolute atomic E-state index is 12.6. The van der Waals surface area contributed by atoms with Crippen LogP contribution in [0.3, 0.4) is 0 Å². The maximum atomic E-state index is 12.6. The van der Waals surface area contributed by atoms with Gasteiger partial charge in [-0.3, -0.25) is 0 Å². The molecular formula is C13H20FNO3. The largest absolute Gasteiger partial charge is 0.491 e. The van der Waals surface area contributed by atoms with E-state index in [-0.39, 0.29) is 12.4 Å². The summed E-state index contributed by atoms with van der Waals surface area (Å²) in [6, 6.07) is 5.61. The number of aliphatic hydroxyl groups excluding tert-OH is 1. The van der Waals surface area contributed by atoms with Crippen LogP contribution in [-0.2, 0) is 0 Å². The normalized spacial score (nSPS) is 13.4. The number of aliphatic hydroxyl groups is 2. The van der Waals surface area contributed by atoms with E-state index in [1.807, 2.05) is 0 Å². The molecule has 0 bridgehead atoms. The molecule has 1 atom stereocenters. The smallest absolute Gasteiger partial charge is 0.123 e. The van der Waals surface area contributed by atoms with E-state index in [9.17, 15) is 14.6 Å². The molecule has 4 nitrogen and oxygen atoms in total. The van der Waals surface area contributed by atoms with Gasteiger partial charge in [-0.05, 0) is 38.1 Å². The molecule has 0 aliphatic rings. The first-order valence-corrected chi connectivity index (χ1v) is 5.86. The zero-order valence-electron chi connectivity index (χ0n) is 10.7. The number of hydrogen-bond donors (Lipinski definition) is 3. The second-order valence-corrected chi connectivity index (χ2v) is 4.86. The average Bonchev–Trinajstić information content (AvgIpc) is 2.26. The molecule has 18 heavy (non-hydrogen) atoms. The van der Waals surface area contributed by atoms with E-state index in [1.165, 1.54) is 24.3 Å². The van der Waals surface area contributed by atoms with E-state index in [0.717, 1.165) is 0 Å². The molecular weight excluding hydrogens is 237 g/mol. The van der Waals surface area contributed by atoms with Gasteiger partial charge < -0.3 is 20.3 Å². The molecule has 0 spiro atoms. The minimum Gasteiger partial charge on any atom is -0.491 e. The average molecular weight is 257 g/mol. The Labute approximate surface area is 106 Å². The summed E-state index contributed by atoms with van der Waals surface area (Å²) in [6.45, 7) is 4.19. The monoisotopic (exact) mass is 257 g/mol. The zero-order valence-corrected chi connectivity index (χ0v) is 10.7. The van der Waals surface area contributed by atoms with Gasteiger partial charge in [0.2, 0.25) is 0 Å². The van der Waals surface area contributed by atoms with E-state index in [2.05, 4.69) is 5.32 Å².